The molecule has 1 aromatic carbocycles. The number of nitrogens with zero attached hydrogens (tertiary/aromatic N) is 2. The number of aliphatic imine (C=N–C) groups is 1. The lowest BCUT2D eigenvalue weighted by atomic mass is 10.2. The zero-order chi connectivity index (χ0) is 14.8. The molecule has 21 heavy (non-hydrogen) atoms. The first kappa shape index (κ1) is 12.8. The standard InChI is InChI=1S/C14H8N2O5/c17-14-11(15-13(21-14)12-5-2-6-20-12)8-9-3-1-4-10(7-9)16(18)19/h1-8H/b11-8-. The smallest absolute Gasteiger partial charge is 0.363 e. The molecule has 0 radical (unpaired) electrons. The van der Waals surface area contributed by atoms with E-state index < -0.39 is 10.9 Å². The topological polar surface area (TPSA) is 94.9 Å². The lowest BCUT2D eigenvalue weighted by Gasteiger charge is -1.95. The largest absolute Gasteiger partial charge is 0.459 e. The van der Waals surface area contributed by atoms with Crippen LogP contribution in [0.4, 0.5) is 5.69 Å². The van der Waals surface area contributed by atoms with Crippen LogP contribution in [0.3, 0.4) is 0 Å². The highest BCUT2D eigenvalue weighted by Crippen LogP contribution is 2.21. The minimum absolute atomic E-state index is 0.0573. The SMILES string of the molecule is O=C1OC(c2ccco2)=N/C1=C\c1cccc([N+](=O)[O-])c1. The minimum atomic E-state index is -0.632. The molecule has 0 N–H and O–H groups in total. The second-order valence-corrected chi connectivity index (χ2v) is 4.17. The van der Waals surface area contributed by atoms with Crippen LogP contribution in [0.2, 0.25) is 0 Å². The predicted octanol–water partition coefficient (Wildman–Crippen LogP) is 2.53. The summed E-state index contributed by atoms with van der Waals surface area (Å²) in [5, 5.41) is 10.7. The maximum Gasteiger partial charge on any atom is 0.363 e. The summed E-state index contributed by atoms with van der Waals surface area (Å²) >= 11 is 0. The number of hydrogen-bond acceptors (Lipinski definition) is 6. The van der Waals surface area contributed by atoms with Crippen molar-refractivity contribution in [2.24, 2.45) is 4.99 Å². The van der Waals surface area contributed by atoms with E-state index in [-0.39, 0.29) is 17.3 Å². The zero-order valence-corrected chi connectivity index (χ0v) is 10.6. The van der Waals surface area contributed by atoms with Crippen LogP contribution >= 0.6 is 0 Å². The summed E-state index contributed by atoms with van der Waals surface area (Å²) in [6, 6.07) is 9.14. The molecular weight excluding hydrogens is 276 g/mol. The van der Waals surface area contributed by atoms with Crippen molar-refractivity contribution in [1.29, 1.82) is 0 Å². The number of carbonyl (C=O) groups excluding carboxylic acids is 1. The van der Waals surface area contributed by atoms with E-state index in [1.54, 1.807) is 18.2 Å². The number of non-ortho nitro benzene ring substituents is 1. The maximum absolute atomic E-state index is 11.7. The van der Waals surface area contributed by atoms with Crippen LogP contribution in [0.5, 0.6) is 0 Å². The fourth-order valence-electron chi connectivity index (χ4n) is 1.80. The Labute approximate surface area is 118 Å². The van der Waals surface area contributed by atoms with Crippen LogP contribution in [-0.4, -0.2) is 16.8 Å². The highest BCUT2D eigenvalue weighted by molar-refractivity contribution is 6.11. The molecule has 2 heterocycles. The molecule has 0 saturated carbocycles. The summed E-state index contributed by atoms with van der Waals surface area (Å²) in [6.45, 7) is 0. The molecule has 0 aliphatic carbocycles. The van der Waals surface area contributed by atoms with Gasteiger partial charge >= 0.3 is 5.97 Å². The van der Waals surface area contributed by atoms with Crippen LogP contribution in [0.25, 0.3) is 6.08 Å². The Morgan fingerprint density at radius 3 is 2.81 bits per heavy atom. The highest BCUT2D eigenvalue weighted by Gasteiger charge is 2.25. The van der Waals surface area contributed by atoms with Crippen LogP contribution in [0.15, 0.2) is 57.8 Å². The van der Waals surface area contributed by atoms with Gasteiger partial charge in [-0.3, -0.25) is 10.1 Å². The molecule has 0 atom stereocenters. The average molecular weight is 284 g/mol. The minimum Gasteiger partial charge on any atom is -0.459 e. The number of nitro benzene ring substituents is 1. The Hall–Kier alpha value is -3.22. The summed E-state index contributed by atoms with van der Waals surface area (Å²) in [4.78, 5) is 26.0. The van der Waals surface area contributed by atoms with Gasteiger partial charge in [-0.15, -0.1) is 0 Å². The monoisotopic (exact) mass is 284 g/mol. The normalized spacial score (nSPS) is 15.9. The second kappa shape index (κ2) is 5.04. The second-order valence-electron chi connectivity index (χ2n) is 4.17. The molecule has 0 unspecified atom stereocenters. The Morgan fingerprint density at radius 2 is 2.10 bits per heavy atom. The van der Waals surface area contributed by atoms with Crippen molar-refractivity contribution in [3.05, 3.63) is 69.8 Å². The molecule has 1 aliphatic rings. The van der Waals surface area contributed by atoms with Crippen molar-refractivity contribution < 1.29 is 18.9 Å². The molecule has 104 valence electrons. The lowest BCUT2D eigenvalue weighted by molar-refractivity contribution is -0.384. The number of cyclic esters (lactones) is 1. The molecule has 7 heteroatoms. The summed E-state index contributed by atoms with van der Waals surface area (Å²) < 4.78 is 10.1. The van der Waals surface area contributed by atoms with Gasteiger partial charge in [0, 0.05) is 12.1 Å². The van der Waals surface area contributed by atoms with Gasteiger partial charge in [0.05, 0.1) is 11.2 Å². The molecule has 2 aromatic rings. The highest BCUT2D eigenvalue weighted by atomic mass is 16.6. The third-order valence-corrected chi connectivity index (χ3v) is 2.74. The molecule has 0 amide bonds. The van der Waals surface area contributed by atoms with Crippen LogP contribution < -0.4 is 0 Å². The van der Waals surface area contributed by atoms with Crippen molar-refractivity contribution in [3.63, 3.8) is 0 Å². The molecule has 0 fully saturated rings. The Morgan fingerprint density at radius 1 is 1.24 bits per heavy atom. The Bertz CT molecular complexity index is 774. The molecule has 7 nitrogen and oxygen atoms in total. The number of carbonyl (C=O) groups is 1. The van der Waals surface area contributed by atoms with E-state index in [9.17, 15) is 14.9 Å². The van der Waals surface area contributed by atoms with Gasteiger partial charge in [-0.1, -0.05) is 12.1 Å². The number of hydrogen-bond donors (Lipinski definition) is 0. The van der Waals surface area contributed by atoms with E-state index in [0.29, 0.717) is 11.3 Å². The van der Waals surface area contributed by atoms with Crippen LogP contribution in [-0.2, 0) is 9.53 Å². The van der Waals surface area contributed by atoms with Crippen molar-refractivity contribution >= 4 is 23.6 Å². The van der Waals surface area contributed by atoms with Gasteiger partial charge in [0.15, 0.2) is 11.5 Å². The first-order valence-electron chi connectivity index (χ1n) is 5.94. The fourth-order valence-corrected chi connectivity index (χ4v) is 1.80. The first-order valence-corrected chi connectivity index (χ1v) is 5.94. The molecule has 1 aromatic heterocycles. The maximum atomic E-state index is 11.7. The van der Waals surface area contributed by atoms with Gasteiger partial charge in [-0.05, 0) is 23.8 Å². The number of benzene rings is 1. The number of furan rings is 1. The Balaban J connectivity index is 1.94. The van der Waals surface area contributed by atoms with Crippen molar-refractivity contribution in [3.8, 4) is 0 Å². The first-order chi connectivity index (χ1) is 10.1. The zero-order valence-electron chi connectivity index (χ0n) is 10.6. The lowest BCUT2D eigenvalue weighted by Crippen LogP contribution is -2.04. The van der Waals surface area contributed by atoms with E-state index >= 15 is 0 Å². The van der Waals surface area contributed by atoms with E-state index in [1.807, 2.05) is 0 Å². The predicted molar refractivity (Wildman–Crippen MR) is 72.4 cm³/mol. The third kappa shape index (κ3) is 2.57. The van der Waals surface area contributed by atoms with Gasteiger partial charge in [-0.2, -0.15) is 0 Å². The molecule has 0 spiro atoms. The molecule has 3 rings (SSSR count). The van der Waals surface area contributed by atoms with Gasteiger partial charge in [0.25, 0.3) is 11.6 Å². The Kier molecular flexibility index (Phi) is 3.07. The molecule has 0 bridgehead atoms. The average Bonchev–Trinajstić information content (AvgIpc) is 3.10. The summed E-state index contributed by atoms with van der Waals surface area (Å²) in [7, 11) is 0. The van der Waals surface area contributed by atoms with E-state index in [4.69, 9.17) is 9.15 Å². The number of esters is 1. The quantitative estimate of drug-likeness (QED) is 0.373. The van der Waals surface area contributed by atoms with Crippen LogP contribution in [0.1, 0.15) is 11.3 Å². The summed E-state index contributed by atoms with van der Waals surface area (Å²) in [5.41, 5.74) is 0.480. The fraction of sp³-hybridized carbons (Fsp3) is 0. The third-order valence-electron chi connectivity index (χ3n) is 2.74. The number of rotatable bonds is 3. The number of nitro groups is 1. The molecule has 1 aliphatic heterocycles. The van der Waals surface area contributed by atoms with Gasteiger partial charge < -0.3 is 9.15 Å². The summed E-state index contributed by atoms with van der Waals surface area (Å²) in [6.07, 6.45) is 2.86. The number of ether oxygens (including phenoxy) is 1. The molecular formula is C14H8N2O5. The van der Waals surface area contributed by atoms with Gasteiger partial charge in [-0.25, -0.2) is 9.79 Å². The van der Waals surface area contributed by atoms with Crippen molar-refractivity contribution in [2.45, 2.75) is 0 Å². The van der Waals surface area contributed by atoms with E-state index in [1.165, 1.54) is 30.5 Å². The van der Waals surface area contributed by atoms with E-state index in [2.05, 4.69) is 4.99 Å². The summed E-state index contributed by atoms with van der Waals surface area (Å²) in [5.74, 6) is -0.222. The molecule has 0 saturated heterocycles. The van der Waals surface area contributed by atoms with Crippen LogP contribution in [0, 0.1) is 10.1 Å². The van der Waals surface area contributed by atoms with Crippen molar-refractivity contribution in [2.75, 3.05) is 0 Å². The van der Waals surface area contributed by atoms with E-state index in [0.717, 1.165) is 0 Å². The van der Waals surface area contributed by atoms with Gasteiger partial charge in [0.1, 0.15) is 0 Å². The van der Waals surface area contributed by atoms with Crippen molar-refractivity contribution in [1.82, 2.24) is 0 Å². The van der Waals surface area contributed by atoms with Gasteiger partial charge in [0.2, 0.25) is 0 Å².